The first kappa shape index (κ1) is 23.8. The maximum atomic E-state index is 9.57. The molecule has 0 saturated carbocycles. The Morgan fingerprint density at radius 2 is 1.76 bits per heavy atom. The van der Waals surface area contributed by atoms with Crippen molar-refractivity contribution in [3.8, 4) is 28.4 Å². The van der Waals surface area contributed by atoms with Crippen molar-refractivity contribution in [1.82, 2.24) is 19.5 Å². The van der Waals surface area contributed by atoms with Gasteiger partial charge in [-0.1, -0.05) is 24.8 Å². The van der Waals surface area contributed by atoms with Gasteiger partial charge in [0.2, 0.25) is 5.95 Å². The van der Waals surface area contributed by atoms with Gasteiger partial charge in [-0.3, -0.25) is 0 Å². The standard InChI is InChI=1S/C30H31N7O/c1-20(2)32-22-7-5-21(6-8-22)28-29(37-17-3-4-27(37)35-28)26-13-16-31-30(34-26)33-23-14-18-36(19-15-23)24-9-11-25(38)12-10-24/h3,5-13,16-17,23,32,38H,1,4,14-15,18-19H2,2H3,(H,31,33,34). The Hall–Kier alpha value is -4.59. The fourth-order valence-corrected chi connectivity index (χ4v) is 5.14. The molecule has 8 nitrogen and oxygen atoms in total. The summed E-state index contributed by atoms with van der Waals surface area (Å²) in [5.74, 6) is 1.94. The average molecular weight is 506 g/mol. The van der Waals surface area contributed by atoms with Gasteiger partial charge in [-0.05, 0) is 62.2 Å². The number of aromatic hydroxyl groups is 1. The topological polar surface area (TPSA) is 91.1 Å². The molecule has 0 bridgehead atoms. The van der Waals surface area contributed by atoms with Crippen LogP contribution in [0.2, 0.25) is 0 Å². The molecule has 1 fully saturated rings. The lowest BCUT2D eigenvalue weighted by Gasteiger charge is -2.34. The number of phenols is 1. The fraction of sp³-hybridized carbons (Fsp3) is 0.233. The van der Waals surface area contributed by atoms with Gasteiger partial charge in [-0.25, -0.2) is 15.0 Å². The summed E-state index contributed by atoms with van der Waals surface area (Å²) in [5, 5.41) is 16.4. The number of hydrogen-bond donors (Lipinski definition) is 3. The number of hydrogen-bond acceptors (Lipinski definition) is 7. The minimum atomic E-state index is 0.293. The smallest absolute Gasteiger partial charge is 0.223 e. The van der Waals surface area contributed by atoms with Crippen LogP contribution in [0.5, 0.6) is 5.75 Å². The van der Waals surface area contributed by atoms with E-state index < -0.39 is 0 Å². The van der Waals surface area contributed by atoms with Crippen LogP contribution in [0.1, 0.15) is 25.6 Å². The molecule has 0 aliphatic carbocycles. The molecule has 2 aliphatic heterocycles. The Morgan fingerprint density at radius 3 is 2.50 bits per heavy atom. The first-order chi connectivity index (χ1) is 18.5. The summed E-state index contributed by atoms with van der Waals surface area (Å²) in [6.45, 7) is 7.73. The Bertz CT molecular complexity index is 1480. The molecular formula is C30H31N7O. The number of fused-ring (bicyclic) bond motifs is 1. The molecule has 4 aromatic rings. The Kier molecular flexibility index (Phi) is 6.29. The monoisotopic (exact) mass is 505 g/mol. The van der Waals surface area contributed by atoms with Crippen molar-refractivity contribution in [1.29, 1.82) is 0 Å². The number of phenolic OH excluding ortho intramolecular Hbond substituents is 1. The van der Waals surface area contributed by atoms with Gasteiger partial charge in [0, 0.05) is 60.6 Å². The second kappa shape index (κ2) is 10.0. The summed E-state index contributed by atoms with van der Waals surface area (Å²) < 4.78 is 2.14. The largest absolute Gasteiger partial charge is 0.508 e. The van der Waals surface area contributed by atoms with Gasteiger partial charge in [0.1, 0.15) is 11.6 Å². The maximum absolute atomic E-state index is 9.57. The second-order valence-electron chi connectivity index (χ2n) is 9.85. The van der Waals surface area contributed by atoms with Crippen molar-refractivity contribution < 1.29 is 5.11 Å². The Labute approximate surface area is 222 Å². The van der Waals surface area contributed by atoms with Crippen LogP contribution >= 0.6 is 0 Å². The lowest BCUT2D eigenvalue weighted by molar-refractivity contribution is 0.475. The number of rotatable bonds is 7. The van der Waals surface area contributed by atoms with E-state index in [1.165, 1.54) is 0 Å². The maximum Gasteiger partial charge on any atom is 0.223 e. The quantitative estimate of drug-likeness (QED) is 0.294. The first-order valence-electron chi connectivity index (χ1n) is 13.0. The number of piperidine rings is 1. The summed E-state index contributed by atoms with van der Waals surface area (Å²) in [4.78, 5) is 16.8. The average Bonchev–Trinajstić information content (AvgIpc) is 3.52. The summed E-state index contributed by atoms with van der Waals surface area (Å²) in [5.41, 5.74) is 6.81. The van der Waals surface area contributed by atoms with Crippen LogP contribution in [-0.2, 0) is 6.42 Å². The zero-order chi connectivity index (χ0) is 26.1. The summed E-state index contributed by atoms with van der Waals surface area (Å²) in [6, 6.07) is 17.9. The van der Waals surface area contributed by atoms with Crippen LogP contribution in [0.15, 0.2) is 79.1 Å². The highest BCUT2D eigenvalue weighted by atomic mass is 16.3. The van der Waals surface area contributed by atoms with Crippen LogP contribution in [0.25, 0.3) is 28.8 Å². The van der Waals surface area contributed by atoms with E-state index >= 15 is 0 Å². The van der Waals surface area contributed by atoms with Crippen molar-refractivity contribution in [3.63, 3.8) is 0 Å². The van der Waals surface area contributed by atoms with Gasteiger partial charge in [-0.15, -0.1) is 0 Å². The van der Waals surface area contributed by atoms with E-state index in [2.05, 4.69) is 56.1 Å². The molecule has 192 valence electrons. The fourth-order valence-electron chi connectivity index (χ4n) is 5.14. The van der Waals surface area contributed by atoms with Crippen LogP contribution < -0.4 is 15.5 Å². The number of anilines is 3. The third-order valence-corrected chi connectivity index (χ3v) is 7.00. The van der Waals surface area contributed by atoms with Crippen LogP contribution in [0.3, 0.4) is 0 Å². The van der Waals surface area contributed by atoms with Gasteiger partial charge >= 0.3 is 0 Å². The predicted molar refractivity (Wildman–Crippen MR) is 153 cm³/mol. The molecule has 0 unspecified atom stereocenters. The predicted octanol–water partition coefficient (Wildman–Crippen LogP) is 5.77. The number of benzene rings is 2. The highest BCUT2D eigenvalue weighted by Gasteiger charge is 2.24. The minimum absolute atomic E-state index is 0.293. The molecule has 2 aliphatic rings. The molecular weight excluding hydrogens is 474 g/mol. The van der Waals surface area contributed by atoms with Gasteiger partial charge < -0.3 is 25.2 Å². The van der Waals surface area contributed by atoms with E-state index in [4.69, 9.17) is 9.97 Å². The zero-order valence-corrected chi connectivity index (χ0v) is 21.4. The van der Waals surface area contributed by atoms with E-state index in [0.717, 1.165) is 77.9 Å². The van der Waals surface area contributed by atoms with Crippen LogP contribution in [0.4, 0.5) is 17.3 Å². The van der Waals surface area contributed by atoms with Crippen molar-refractivity contribution in [3.05, 3.63) is 85.0 Å². The second-order valence-corrected chi connectivity index (χ2v) is 9.85. The number of nitrogens with zero attached hydrogens (tertiary/aromatic N) is 5. The van der Waals surface area contributed by atoms with E-state index in [0.29, 0.717) is 17.7 Å². The molecule has 0 atom stereocenters. The molecule has 0 spiro atoms. The summed E-state index contributed by atoms with van der Waals surface area (Å²) in [7, 11) is 0. The van der Waals surface area contributed by atoms with Gasteiger partial charge in [-0.2, -0.15) is 0 Å². The highest BCUT2D eigenvalue weighted by Crippen LogP contribution is 2.35. The Morgan fingerprint density at radius 1 is 1.00 bits per heavy atom. The molecule has 4 heterocycles. The van der Waals surface area contributed by atoms with E-state index in [9.17, 15) is 5.11 Å². The third-order valence-electron chi connectivity index (χ3n) is 7.00. The molecule has 0 radical (unpaired) electrons. The summed E-state index contributed by atoms with van der Waals surface area (Å²) in [6.07, 6.45) is 8.78. The third kappa shape index (κ3) is 4.85. The number of aromatic nitrogens is 4. The molecule has 6 rings (SSSR count). The molecule has 2 aromatic heterocycles. The Balaban J connectivity index is 1.21. The minimum Gasteiger partial charge on any atom is -0.508 e. The van der Waals surface area contributed by atoms with Crippen molar-refractivity contribution in [2.24, 2.45) is 0 Å². The van der Waals surface area contributed by atoms with Crippen LogP contribution in [-0.4, -0.2) is 43.8 Å². The lowest BCUT2D eigenvalue weighted by atomic mass is 10.0. The van der Waals surface area contributed by atoms with Crippen LogP contribution in [0, 0.1) is 0 Å². The van der Waals surface area contributed by atoms with Crippen molar-refractivity contribution in [2.45, 2.75) is 32.2 Å². The first-order valence-corrected chi connectivity index (χ1v) is 13.0. The number of imidazole rings is 1. The normalized spacial score (nSPS) is 14.9. The van der Waals surface area contributed by atoms with E-state index in [-0.39, 0.29) is 0 Å². The van der Waals surface area contributed by atoms with E-state index in [1.54, 1.807) is 12.1 Å². The van der Waals surface area contributed by atoms with Gasteiger partial charge in [0.15, 0.2) is 0 Å². The van der Waals surface area contributed by atoms with Crippen molar-refractivity contribution >= 4 is 23.5 Å². The molecule has 38 heavy (non-hydrogen) atoms. The number of allylic oxidation sites excluding steroid dienone is 2. The van der Waals surface area contributed by atoms with Gasteiger partial charge in [0.05, 0.1) is 17.1 Å². The lowest BCUT2D eigenvalue weighted by Crippen LogP contribution is -2.39. The van der Waals surface area contributed by atoms with E-state index in [1.807, 2.05) is 43.5 Å². The van der Waals surface area contributed by atoms with Gasteiger partial charge in [0.25, 0.3) is 0 Å². The number of nitrogens with one attached hydrogen (secondary N) is 2. The highest BCUT2D eigenvalue weighted by molar-refractivity contribution is 5.80. The zero-order valence-electron chi connectivity index (χ0n) is 21.4. The van der Waals surface area contributed by atoms with Crippen molar-refractivity contribution in [2.75, 3.05) is 28.6 Å². The SMILES string of the molecule is C=C(C)Nc1ccc(-c2nc3n(c2-c2ccnc(NC4CCN(c5ccc(O)cc5)CC4)n2)C=CC3)cc1. The summed E-state index contributed by atoms with van der Waals surface area (Å²) >= 11 is 0. The molecule has 0 amide bonds. The molecule has 8 heteroatoms. The molecule has 3 N–H and O–H groups in total. The molecule has 1 saturated heterocycles. The molecule has 2 aromatic carbocycles.